The molecule has 2 saturated heterocycles. The fourth-order valence-electron chi connectivity index (χ4n) is 3.04. The molecule has 2 aliphatic rings. The van der Waals surface area contributed by atoms with E-state index in [1.807, 2.05) is 35.2 Å². The molecule has 2 fully saturated rings. The first kappa shape index (κ1) is 14.7. The molecule has 1 N–H and O–H groups in total. The average molecular weight is 305 g/mol. The van der Waals surface area contributed by atoms with Crippen LogP contribution in [0.3, 0.4) is 0 Å². The maximum absolute atomic E-state index is 12.3. The SMILES string of the molecule is O=C(Nc1ccccc1)N1CCCN(C2CCSC2)CC1. The monoisotopic (exact) mass is 305 g/mol. The van der Waals surface area contributed by atoms with Crippen LogP contribution in [0.2, 0.25) is 0 Å². The topological polar surface area (TPSA) is 35.6 Å². The molecule has 0 radical (unpaired) electrons. The second-order valence-corrected chi connectivity index (χ2v) is 6.84. The number of hydrogen-bond donors (Lipinski definition) is 1. The summed E-state index contributed by atoms with van der Waals surface area (Å²) in [5.74, 6) is 2.55. The highest BCUT2D eigenvalue weighted by Crippen LogP contribution is 2.23. The molecule has 0 aliphatic carbocycles. The lowest BCUT2D eigenvalue weighted by molar-refractivity contribution is 0.202. The highest BCUT2D eigenvalue weighted by atomic mass is 32.2. The van der Waals surface area contributed by atoms with E-state index >= 15 is 0 Å². The summed E-state index contributed by atoms with van der Waals surface area (Å²) in [6.07, 6.45) is 2.38. The Morgan fingerprint density at radius 3 is 2.76 bits per heavy atom. The molecule has 2 aliphatic heterocycles. The standard InChI is InChI=1S/C16H23N3OS/c20-16(17-14-5-2-1-3-6-14)19-9-4-8-18(10-11-19)15-7-12-21-13-15/h1-3,5-6,15H,4,7-13H2,(H,17,20). The summed E-state index contributed by atoms with van der Waals surface area (Å²) in [7, 11) is 0. The maximum atomic E-state index is 12.3. The van der Waals surface area contributed by atoms with Crippen LogP contribution in [-0.2, 0) is 0 Å². The van der Waals surface area contributed by atoms with Crippen LogP contribution in [0.25, 0.3) is 0 Å². The van der Waals surface area contributed by atoms with Gasteiger partial charge in [0.1, 0.15) is 0 Å². The van der Waals surface area contributed by atoms with E-state index in [0.29, 0.717) is 0 Å². The molecule has 1 aromatic rings. The molecule has 21 heavy (non-hydrogen) atoms. The van der Waals surface area contributed by atoms with Crippen LogP contribution < -0.4 is 5.32 Å². The van der Waals surface area contributed by atoms with Gasteiger partial charge in [-0.3, -0.25) is 4.90 Å². The second kappa shape index (κ2) is 7.18. The predicted molar refractivity (Wildman–Crippen MR) is 89.0 cm³/mol. The first-order valence-corrected chi connectivity index (χ1v) is 8.91. The zero-order chi connectivity index (χ0) is 14.5. The number of amides is 2. The quantitative estimate of drug-likeness (QED) is 0.912. The predicted octanol–water partition coefficient (Wildman–Crippen LogP) is 2.73. The van der Waals surface area contributed by atoms with Crippen molar-refractivity contribution < 1.29 is 4.79 Å². The van der Waals surface area contributed by atoms with E-state index in [9.17, 15) is 4.79 Å². The molecule has 0 aromatic heterocycles. The van der Waals surface area contributed by atoms with Gasteiger partial charge in [0.2, 0.25) is 0 Å². The van der Waals surface area contributed by atoms with E-state index in [1.165, 1.54) is 17.9 Å². The molecule has 4 nitrogen and oxygen atoms in total. The van der Waals surface area contributed by atoms with Gasteiger partial charge < -0.3 is 10.2 Å². The zero-order valence-electron chi connectivity index (χ0n) is 12.3. The molecule has 2 amide bonds. The number of para-hydroxylation sites is 1. The van der Waals surface area contributed by atoms with Crippen LogP contribution in [0.4, 0.5) is 10.5 Å². The second-order valence-electron chi connectivity index (χ2n) is 5.69. The summed E-state index contributed by atoms with van der Waals surface area (Å²) in [6.45, 7) is 3.82. The summed E-state index contributed by atoms with van der Waals surface area (Å²) in [4.78, 5) is 16.9. The number of rotatable bonds is 2. The van der Waals surface area contributed by atoms with Gasteiger partial charge in [0.05, 0.1) is 0 Å². The smallest absolute Gasteiger partial charge is 0.321 e. The molecule has 0 spiro atoms. The number of nitrogens with one attached hydrogen (secondary N) is 1. The third-order valence-electron chi connectivity index (χ3n) is 4.26. The minimum Gasteiger partial charge on any atom is -0.323 e. The van der Waals surface area contributed by atoms with Crippen molar-refractivity contribution in [2.24, 2.45) is 0 Å². The highest BCUT2D eigenvalue weighted by Gasteiger charge is 2.26. The van der Waals surface area contributed by atoms with Gasteiger partial charge in [-0.05, 0) is 30.7 Å². The lowest BCUT2D eigenvalue weighted by Crippen LogP contribution is -2.40. The third-order valence-corrected chi connectivity index (χ3v) is 5.41. The summed E-state index contributed by atoms with van der Waals surface area (Å²) in [6, 6.07) is 10.5. The van der Waals surface area contributed by atoms with Gasteiger partial charge in [-0.25, -0.2) is 4.79 Å². The van der Waals surface area contributed by atoms with Crippen molar-refractivity contribution in [3.05, 3.63) is 30.3 Å². The molecular weight excluding hydrogens is 282 g/mol. The summed E-state index contributed by atoms with van der Waals surface area (Å²) >= 11 is 2.06. The number of carbonyl (C=O) groups excluding carboxylic acids is 1. The molecule has 3 rings (SSSR count). The number of hydrogen-bond acceptors (Lipinski definition) is 3. The van der Waals surface area contributed by atoms with E-state index < -0.39 is 0 Å². The van der Waals surface area contributed by atoms with Gasteiger partial charge in [0.15, 0.2) is 0 Å². The van der Waals surface area contributed by atoms with Crippen LogP contribution in [0, 0.1) is 0 Å². The Morgan fingerprint density at radius 2 is 2.00 bits per heavy atom. The van der Waals surface area contributed by atoms with Gasteiger partial charge >= 0.3 is 6.03 Å². The van der Waals surface area contributed by atoms with Gasteiger partial charge in [-0.15, -0.1) is 0 Å². The molecule has 5 heteroatoms. The van der Waals surface area contributed by atoms with Crippen LogP contribution in [0.5, 0.6) is 0 Å². The van der Waals surface area contributed by atoms with E-state index in [4.69, 9.17) is 0 Å². The van der Waals surface area contributed by atoms with Gasteiger partial charge in [0.25, 0.3) is 0 Å². The number of benzene rings is 1. The number of nitrogens with zero attached hydrogens (tertiary/aromatic N) is 2. The van der Waals surface area contributed by atoms with Crippen LogP contribution in [-0.4, -0.2) is 59.6 Å². The van der Waals surface area contributed by atoms with Gasteiger partial charge in [0, 0.05) is 43.7 Å². The Labute approximate surface area is 130 Å². The van der Waals surface area contributed by atoms with Gasteiger partial charge in [-0.2, -0.15) is 11.8 Å². The average Bonchev–Trinajstić information content (AvgIpc) is 2.93. The molecule has 2 heterocycles. The Kier molecular flexibility index (Phi) is 5.04. The minimum absolute atomic E-state index is 0.0313. The van der Waals surface area contributed by atoms with Crippen LogP contribution in [0.15, 0.2) is 30.3 Å². The molecule has 0 saturated carbocycles. The number of carbonyl (C=O) groups is 1. The molecule has 1 aromatic carbocycles. The first-order chi connectivity index (χ1) is 10.3. The summed E-state index contributed by atoms with van der Waals surface area (Å²) in [5, 5.41) is 2.99. The highest BCUT2D eigenvalue weighted by molar-refractivity contribution is 7.99. The number of urea groups is 1. The lowest BCUT2D eigenvalue weighted by atomic mass is 10.2. The molecule has 0 bridgehead atoms. The normalized spacial score (nSPS) is 23.8. The number of thioether (sulfide) groups is 1. The van der Waals surface area contributed by atoms with Crippen molar-refractivity contribution in [3.8, 4) is 0 Å². The van der Waals surface area contributed by atoms with Crippen LogP contribution in [0.1, 0.15) is 12.8 Å². The first-order valence-electron chi connectivity index (χ1n) is 7.76. The molecule has 1 unspecified atom stereocenters. The number of anilines is 1. The fourth-order valence-corrected chi connectivity index (χ4v) is 4.29. The zero-order valence-corrected chi connectivity index (χ0v) is 13.1. The Bertz CT molecular complexity index is 462. The summed E-state index contributed by atoms with van der Waals surface area (Å²) in [5.41, 5.74) is 0.871. The molecule has 1 atom stereocenters. The van der Waals surface area contributed by atoms with Crippen molar-refractivity contribution in [1.82, 2.24) is 9.80 Å². The maximum Gasteiger partial charge on any atom is 0.321 e. The minimum atomic E-state index is 0.0313. The van der Waals surface area contributed by atoms with Gasteiger partial charge in [-0.1, -0.05) is 18.2 Å². The summed E-state index contributed by atoms with van der Waals surface area (Å²) < 4.78 is 0. The largest absolute Gasteiger partial charge is 0.323 e. The van der Waals surface area contributed by atoms with E-state index in [-0.39, 0.29) is 6.03 Å². The Morgan fingerprint density at radius 1 is 1.14 bits per heavy atom. The van der Waals surface area contributed by atoms with Crippen molar-refractivity contribution in [2.75, 3.05) is 43.0 Å². The van der Waals surface area contributed by atoms with E-state index in [1.54, 1.807) is 0 Å². The third kappa shape index (κ3) is 3.92. The Hall–Kier alpha value is -1.20. The molecule has 114 valence electrons. The van der Waals surface area contributed by atoms with Crippen LogP contribution >= 0.6 is 11.8 Å². The van der Waals surface area contributed by atoms with Crippen molar-refractivity contribution >= 4 is 23.5 Å². The van der Waals surface area contributed by atoms with Crippen molar-refractivity contribution in [3.63, 3.8) is 0 Å². The van der Waals surface area contributed by atoms with E-state index in [0.717, 1.165) is 44.3 Å². The fraction of sp³-hybridized carbons (Fsp3) is 0.562. The Balaban J connectivity index is 1.53. The van der Waals surface area contributed by atoms with Crippen molar-refractivity contribution in [2.45, 2.75) is 18.9 Å². The van der Waals surface area contributed by atoms with E-state index in [2.05, 4.69) is 22.0 Å². The lowest BCUT2D eigenvalue weighted by Gasteiger charge is -2.26. The van der Waals surface area contributed by atoms with Crippen molar-refractivity contribution in [1.29, 1.82) is 0 Å². The molecular formula is C16H23N3OS.